The molecule has 2 saturated heterocycles. The van der Waals surface area contributed by atoms with Crippen LogP contribution in [0.25, 0.3) is 0 Å². The first-order valence-corrected chi connectivity index (χ1v) is 11.9. The standard InChI is InChI=1S/C19H31N5O6S/c1-19(2,14-25)31(28,29)24-9-7-22(8-10-24)16-11-21-17(12-20-16)30-13-15-3-5-23(6-4-15)18(26)27/h11-12,15,25H,3-10,13-14H2,1-2H3,(H,26,27). The second kappa shape index (κ2) is 9.53. The molecule has 1 aromatic heterocycles. The minimum atomic E-state index is -3.59. The number of hydrogen-bond donors (Lipinski definition) is 2. The van der Waals surface area contributed by atoms with Crippen molar-refractivity contribution >= 4 is 21.9 Å². The Hall–Kier alpha value is -2.18. The van der Waals surface area contributed by atoms with Gasteiger partial charge in [-0.05, 0) is 32.6 Å². The number of piperazine rings is 1. The van der Waals surface area contributed by atoms with Gasteiger partial charge in [0.05, 0.1) is 25.6 Å². The Morgan fingerprint density at radius 1 is 1.13 bits per heavy atom. The largest absolute Gasteiger partial charge is 0.476 e. The van der Waals surface area contributed by atoms with Gasteiger partial charge in [-0.25, -0.2) is 23.2 Å². The molecule has 12 heteroatoms. The molecular formula is C19H31N5O6S. The summed E-state index contributed by atoms with van der Waals surface area (Å²) in [6.07, 6.45) is 3.82. The summed E-state index contributed by atoms with van der Waals surface area (Å²) in [5, 5.41) is 18.4. The molecule has 31 heavy (non-hydrogen) atoms. The number of carboxylic acid groups (broad SMARTS) is 1. The molecule has 1 aromatic rings. The van der Waals surface area contributed by atoms with Crippen LogP contribution in [-0.4, -0.2) is 101 Å². The highest BCUT2D eigenvalue weighted by Crippen LogP contribution is 2.24. The third-order valence-corrected chi connectivity index (χ3v) is 8.52. The lowest BCUT2D eigenvalue weighted by Crippen LogP contribution is -2.54. The minimum Gasteiger partial charge on any atom is -0.476 e. The van der Waals surface area contributed by atoms with E-state index in [-0.39, 0.29) is 5.92 Å². The number of nitrogens with zero attached hydrogens (tertiary/aromatic N) is 5. The summed E-state index contributed by atoms with van der Waals surface area (Å²) < 4.78 is 31.2. The molecule has 0 aromatic carbocycles. The fraction of sp³-hybridized carbons (Fsp3) is 0.737. The number of aliphatic hydroxyl groups is 1. The zero-order chi connectivity index (χ0) is 22.6. The van der Waals surface area contributed by atoms with Crippen molar-refractivity contribution in [2.45, 2.75) is 31.4 Å². The molecular weight excluding hydrogens is 426 g/mol. The number of anilines is 1. The number of carbonyl (C=O) groups is 1. The summed E-state index contributed by atoms with van der Waals surface area (Å²) in [5.41, 5.74) is 0. The van der Waals surface area contributed by atoms with Crippen molar-refractivity contribution in [2.75, 3.05) is 57.4 Å². The third kappa shape index (κ3) is 5.36. The van der Waals surface area contributed by atoms with Gasteiger partial charge in [-0.1, -0.05) is 0 Å². The quantitative estimate of drug-likeness (QED) is 0.598. The second-order valence-electron chi connectivity index (χ2n) is 8.55. The van der Waals surface area contributed by atoms with Crippen molar-refractivity contribution in [3.8, 4) is 5.88 Å². The van der Waals surface area contributed by atoms with E-state index in [1.54, 1.807) is 12.4 Å². The van der Waals surface area contributed by atoms with Gasteiger partial charge in [0.2, 0.25) is 15.9 Å². The molecule has 0 unspecified atom stereocenters. The van der Waals surface area contributed by atoms with Crippen molar-refractivity contribution < 1.29 is 28.2 Å². The van der Waals surface area contributed by atoms with Crippen LogP contribution >= 0.6 is 0 Å². The predicted octanol–water partition coefficient (Wildman–Crippen LogP) is 0.468. The van der Waals surface area contributed by atoms with Gasteiger partial charge in [-0.2, -0.15) is 4.31 Å². The van der Waals surface area contributed by atoms with E-state index >= 15 is 0 Å². The molecule has 2 N–H and O–H groups in total. The molecule has 1 amide bonds. The maximum Gasteiger partial charge on any atom is 0.407 e. The molecule has 0 bridgehead atoms. The van der Waals surface area contributed by atoms with Crippen LogP contribution in [0.5, 0.6) is 5.88 Å². The van der Waals surface area contributed by atoms with E-state index in [1.165, 1.54) is 23.1 Å². The Labute approximate surface area is 182 Å². The maximum absolute atomic E-state index is 12.7. The predicted molar refractivity (Wildman–Crippen MR) is 114 cm³/mol. The molecule has 3 rings (SSSR count). The molecule has 3 heterocycles. The zero-order valence-electron chi connectivity index (χ0n) is 18.0. The van der Waals surface area contributed by atoms with E-state index in [2.05, 4.69) is 9.97 Å². The van der Waals surface area contributed by atoms with E-state index in [1.807, 2.05) is 4.90 Å². The molecule has 11 nitrogen and oxygen atoms in total. The molecule has 0 radical (unpaired) electrons. The van der Waals surface area contributed by atoms with Crippen molar-refractivity contribution in [3.63, 3.8) is 0 Å². The third-order valence-electron chi connectivity index (χ3n) is 5.95. The second-order valence-corrected chi connectivity index (χ2v) is 11.1. The molecule has 0 saturated carbocycles. The lowest BCUT2D eigenvalue weighted by Gasteiger charge is -2.38. The molecule has 2 aliphatic rings. The Morgan fingerprint density at radius 3 is 2.29 bits per heavy atom. The topological polar surface area (TPSA) is 136 Å². The van der Waals surface area contributed by atoms with E-state index in [0.29, 0.717) is 57.6 Å². The van der Waals surface area contributed by atoms with Gasteiger partial charge in [0, 0.05) is 39.3 Å². The molecule has 174 valence electrons. The molecule has 0 aliphatic carbocycles. The van der Waals surface area contributed by atoms with Crippen LogP contribution in [0, 0.1) is 5.92 Å². The summed E-state index contributed by atoms with van der Waals surface area (Å²) in [6.45, 7) is 5.73. The van der Waals surface area contributed by atoms with Crippen LogP contribution in [0.3, 0.4) is 0 Å². The molecule has 2 fully saturated rings. The Morgan fingerprint density at radius 2 is 1.77 bits per heavy atom. The van der Waals surface area contributed by atoms with Gasteiger partial charge in [-0.15, -0.1) is 0 Å². The number of aromatic nitrogens is 2. The van der Waals surface area contributed by atoms with Crippen LogP contribution in [0.4, 0.5) is 10.6 Å². The Kier molecular flexibility index (Phi) is 7.22. The van der Waals surface area contributed by atoms with E-state index < -0.39 is 27.5 Å². The zero-order valence-corrected chi connectivity index (χ0v) is 18.8. The SMILES string of the molecule is CC(C)(CO)S(=O)(=O)N1CCN(c2cnc(OCC3CCN(C(=O)O)CC3)cn2)CC1. The number of ether oxygens (including phenoxy) is 1. The normalized spacial score (nSPS) is 19.5. The van der Waals surface area contributed by atoms with Gasteiger partial charge in [0.15, 0.2) is 0 Å². The van der Waals surface area contributed by atoms with Crippen molar-refractivity contribution in [1.29, 1.82) is 0 Å². The highest BCUT2D eigenvalue weighted by atomic mass is 32.2. The van der Waals surface area contributed by atoms with Gasteiger partial charge in [-0.3, -0.25) is 0 Å². The summed E-state index contributed by atoms with van der Waals surface area (Å²) in [5.74, 6) is 1.35. The Balaban J connectivity index is 1.47. The number of aliphatic hydroxyl groups excluding tert-OH is 1. The smallest absolute Gasteiger partial charge is 0.407 e. The first-order chi connectivity index (χ1) is 14.6. The van der Waals surface area contributed by atoms with Crippen LogP contribution in [0.15, 0.2) is 12.4 Å². The average Bonchev–Trinajstić information content (AvgIpc) is 2.78. The average molecular weight is 458 g/mol. The van der Waals surface area contributed by atoms with Crippen LogP contribution in [-0.2, 0) is 10.0 Å². The molecule has 0 spiro atoms. The van der Waals surface area contributed by atoms with E-state index in [0.717, 1.165) is 12.8 Å². The highest BCUT2D eigenvalue weighted by Gasteiger charge is 2.40. The summed E-state index contributed by atoms with van der Waals surface area (Å²) in [4.78, 5) is 23.0. The molecule has 2 aliphatic heterocycles. The number of rotatable bonds is 7. The lowest BCUT2D eigenvalue weighted by atomic mass is 9.98. The fourth-order valence-electron chi connectivity index (χ4n) is 3.63. The number of sulfonamides is 1. The highest BCUT2D eigenvalue weighted by molar-refractivity contribution is 7.90. The first kappa shape index (κ1) is 23.5. The number of likely N-dealkylation sites (tertiary alicyclic amines) is 1. The van der Waals surface area contributed by atoms with Gasteiger partial charge < -0.3 is 24.7 Å². The molecule has 0 atom stereocenters. The van der Waals surface area contributed by atoms with Gasteiger partial charge in [0.1, 0.15) is 10.6 Å². The van der Waals surface area contributed by atoms with Crippen LogP contribution < -0.4 is 9.64 Å². The summed E-state index contributed by atoms with van der Waals surface area (Å²) >= 11 is 0. The Bertz CT molecular complexity index is 847. The number of hydrogen-bond acceptors (Lipinski definition) is 8. The summed E-state index contributed by atoms with van der Waals surface area (Å²) in [7, 11) is -3.59. The van der Waals surface area contributed by atoms with Gasteiger partial charge >= 0.3 is 6.09 Å². The van der Waals surface area contributed by atoms with Crippen LogP contribution in [0.1, 0.15) is 26.7 Å². The van der Waals surface area contributed by atoms with E-state index in [9.17, 15) is 18.3 Å². The van der Waals surface area contributed by atoms with Crippen molar-refractivity contribution in [3.05, 3.63) is 12.4 Å². The van der Waals surface area contributed by atoms with Crippen molar-refractivity contribution in [2.24, 2.45) is 5.92 Å². The van der Waals surface area contributed by atoms with Crippen molar-refractivity contribution in [1.82, 2.24) is 19.2 Å². The number of piperidine rings is 1. The van der Waals surface area contributed by atoms with E-state index in [4.69, 9.17) is 9.84 Å². The van der Waals surface area contributed by atoms with Crippen LogP contribution in [0.2, 0.25) is 0 Å². The summed E-state index contributed by atoms with van der Waals surface area (Å²) in [6, 6.07) is 0. The maximum atomic E-state index is 12.7. The number of amides is 1. The van der Waals surface area contributed by atoms with Gasteiger partial charge in [0.25, 0.3) is 0 Å². The fourth-order valence-corrected chi connectivity index (χ4v) is 5.14. The lowest BCUT2D eigenvalue weighted by molar-refractivity contribution is 0.111. The monoisotopic (exact) mass is 457 g/mol. The first-order valence-electron chi connectivity index (χ1n) is 10.4. The minimum absolute atomic E-state index is 0.287.